The summed E-state index contributed by atoms with van der Waals surface area (Å²) >= 11 is 1.60. The van der Waals surface area contributed by atoms with Crippen molar-refractivity contribution in [1.82, 2.24) is 15.9 Å². The van der Waals surface area contributed by atoms with E-state index in [1.165, 1.54) is 0 Å². The van der Waals surface area contributed by atoms with Gasteiger partial charge in [-0.2, -0.15) is 5.10 Å². The summed E-state index contributed by atoms with van der Waals surface area (Å²) in [6, 6.07) is 0. The van der Waals surface area contributed by atoms with Crippen LogP contribution in [0, 0.1) is 0 Å². The summed E-state index contributed by atoms with van der Waals surface area (Å²) < 4.78 is 0. The molecule has 0 saturated carbocycles. The summed E-state index contributed by atoms with van der Waals surface area (Å²) in [5.74, 6) is 0. The summed E-state index contributed by atoms with van der Waals surface area (Å²) in [4.78, 5) is 0. The van der Waals surface area contributed by atoms with E-state index in [1.807, 2.05) is 16.6 Å². The molecule has 9 heavy (non-hydrogen) atoms. The van der Waals surface area contributed by atoms with Gasteiger partial charge in [0.1, 0.15) is 6.67 Å². The third-order valence-electron chi connectivity index (χ3n) is 1.11. The van der Waals surface area contributed by atoms with E-state index in [2.05, 4.69) is 16.0 Å². The molecule has 0 unspecified atom stereocenters. The molecule has 0 aromatic carbocycles. The first-order chi connectivity index (χ1) is 4.47. The van der Waals surface area contributed by atoms with Crippen LogP contribution >= 0.6 is 11.8 Å². The Labute approximate surface area is 57.0 Å². The Morgan fingerprint density at radius 1 is 1.78 bits per heavy atom. The largest absolute Gasteiger partial charge is 0.302 e. The van der Waals surface area contributed by atoms with Crippen LogP contribution in [-0.4, -0.2) is 16.8 Å². The second kappa shape index (κ2) is 1.84. The zero-order chi connectivity index (χ0) is 6.10. The molecule has 0 radical (unpaired) electrons. The number of hydrazine groups is 1. The standard InChI is InChI=1S/C4H6N4S/c1-2-9-4-7-5-3-8(4)6-1/h1-2,5-6H,3H2. The first-order valence-electron chi connectivity index (χ1n) is 2.63. The Kier molecular flexibility index (Phi) is 1.02. The lowest BCUT2D eigenvalue weighted by Crippen LogP contribution is -2.38. The number of amidine groups is 1. The van der Waals surface area contributed by atoms with Gasteiger partial charge in [-0.25, -0.2) is 5.01 Å². The minimum atomic E-state index is 0.757. The quantitative estimate of drug-likeness (QED) is 0.493. The molecule has 2 N–H and O–H groups in total. The highest BCUT2D eigenvalue weighted by molar-refractivity contribution is 8.16. The number of hydrogen-bond acceptors (Lipinski definition) is 5. The first-order valence-corrected chi connectivity index (χ1v) is 3.51. The van der Waals surface area contributed by atoms with E-state index in [0.717, 1.165) is 11.8 Å². The highest BCUT2D eigenvalue weighted by atomic mass is 32.2. The Morgan fingerprint density at radius 2 is 2.78 bits per heavy atom. The van der Waals surface area contributed by atoms with Crippen molar-refractivity contribution < 1.29 is 0 Å². The predicted octanol–water partition coefficient (Wildman–Crippen LogP) is -0.157. The SMILES string of the molecule is C1=CSC2=NNCN2N1. The number of thioether (sulfide) groups is 1. The number of fused-ring (bicyclic) bond motifs is 1. The van der Waals surface area contributed by atoms with Crippen molar-refractivity contribution in [3.63, 3.8) is 0 Å². The van der Waals surface area contributed by atoms with Gasteiger partial charge in [0.2, 0.25) is 5.17 Å². The molecular formula is C4H6N4S. The summed E-state index contributed by atoms with van der Waals surface area (Å²) in [6.07, 6.45) is 1.89. The van der Waals surface area contributed by atoms with Crippen LogP contribution in [-0.2, 0) is 0 Å². The molecule has 0 aromatic rings. The van der Waals surface area contributed by atoms with Gasteiger partial charge in [0.05, 0.1) is 0 Å². The third kappa shape index (κ3) is 0.730. The minimum Gasteiger partial charge on any atom is -0.302 e. The Hall–Kier alpha value is -0.840. The molecule has 48 valence electrons. The van der Waals surface area contributed by atoms with Crippen molar-refractivity contribution in [1.29, 1.82) is 0 Å². The van der Waals surface area contributed by atoms with E-state index in [0.29, 0.717) is 0 Å². The van der Waals surface area contributed by atoms with E-state index in [-0.39, 0.29) is 0 Å². The van der Waals surface area contributed by atoms with E-state index in [4.69, 9.17) is 0 Å². The monoisotopic (exact) mass is 142 g/mol. The average Bonchev–Trinajstić information content (AvgIpc) is 2.33. The van der Waals surface area contributed by atoms with Crippen molar-refractivity contribution in [3.05, 3.63) is 11.6 Å². The van der Waals surface area contributed by atoms with Gasteiger partial charge in [0, 0.05) is 6.20 Å². The van der Waals surface area contributed by atoms with Crippen LogP contribution < -0.4 is 10.9 Å². The number of hydrazone groups is 1. The Balaban J connectivity index is 2.20. The smallest absolute Gasteiger partial charge is 0.207 e. The zero-order valence-electron chi connectivity index (χ0n) is 4.66. The molecule has 0 saturated heterocycles. The molecule has 2 rings (SSSR count). The molecule has 4 nitrogen and oxygen atoms in total. The van der Waals surface area contributed by atoms with E-state index < -0.39 is 0 Å². The fourth-order valence-electron chi connectivity index (χ4n) is 0.708. The number of nitrogens with zero attached hydrogens (tertiary/aromatic N) is 2. The van der Waals surface area contributed by atoms with Gasteiger partial charge in [0.25, 0.3) is 0 Å². The second-order valence-electron chi connectivity index (χ2n) is 1.69. The van der Waals surface area contributed by atoms with Gasteiger partial charge < -0.3 is 5.43 Å². The minimum absolute atomic E-state index is 0.757. The van der Waals surface area contributed by atoms with Gasteiger partial charge in [-0.3, -0.25) is 5.43 Å². The van der Waals surface area contributed by atoms with E-state index >= 15 is 0 Å². The maximum Gasteiger partial charge on any atom is 0.207 e. The summed E-state index contributed by atoms with van der Waals surface area (Å²) in [5, 5.41) is 8.88. The third-order valence-corrected chi connectivity index (χ3v) is 1.90. The number of nitrogens with one attached hydrogen (secondary N) is 2. The Morgan fingerprint density at radius 3 is 3.67 bits per heavy atom. The molecule has 0 bridgehead atoms. The fraction of sp³-hybridized carbons (Fsp3) is 0.250. The molecule has 0 amide bonds. The van der Waals surface area contributed by atoms with Crippen LogP contribution in [0.15, 0.2) is 16.7 Å². The maximum absolute atomic E-state index is 4.00. The molecular weight excluding hydrogens is 136 g/mol. The zero-order valence-corrected chi connectivity index (χ0v) is 5.48. The second-order valence-corrected chi connectivity index (χ2v) is 2.56. The van der Waals surface area contributed by atoms with Crippen molar-refractivity contribution >= 4 is 16.9 Å². The van der Waals surface area contributed by atoms with Crippen molar-refractivity contribution in [2.45, 2.75) is 0 Å². The molecule has 2 heterocycles. The van der Waals surface area contributed by atoms with Gasteiger partial charge in [0.15, 0.2) is 0 Å². The number of rotatable bonds is 0. The molecule has 0 atom stereocenters. The predicted molar refractivity (Wildman–Crippen MR) is 37.1 cm³/mol. The van der Waals surface area contributed by atoms with E-state index in [9.17, 15) is 0 Å². The van der Waals surface area contributed by atoms with Gasteiger partial charge in [-0.1, -0.05) is 11.8 Å². The number of hydrogen-bond donors (Lipinski definition) is 2. The Bertz CT molecular complexity index is 175. The van der Waals surface area contributed by atoms with Crippen LogP contribution in [0.1, 0.15) is 0 Å². The molecule has 0 aliphatic carbocycles. The van der Waals surface area contributed by atoms with Gasteiger partial charge >= 0.3 is 0 Å². The topological polar surface area (TPSA) is 39.7 Å². The first kappa shape index (κ1) is 4.99. The summed E-state index contributed by atoms with van der Waals surface area (Å²) in [5.41, 5.74) is 5.87. The lowest BCUT2D eigenvalue weighted by molar-refractivity contribution is 0.370. The van der Waals surface area contributed by atoms with Gasteiger partial charge in [-0.15, -0.1) is 0 Å². The highest BCUT2D eigenvalue weighted by Gasteiger charge is 2.16. The molecule has 2 aliphatic rings. The van der Waals surface area contributed by atoms with Crippen molar-refractivity contribution in [2.75, 3.05) is 6.67 Å². The average molecular weight is 142 g/mol. The van der Waals surface area contributed by atoms with Crippen LogP contribution in [0.4, 0.5) is 0 Å². The lowest BCUT2D eigenvalue weighted by Gasteiger charge is -2.19. The lowest BCUT2D eigenvalue weighted by atomic mass is 10.9. The molecule has 2 aliphatic heterocycles. The van der Waals surface area contributed by atoms with Crippen LogP contribution in [0.2, 0.25) is 0 Å². The van der Waals surface area contributed by atoms with Gasteiger partial charge in [-0.05, 0) is 5.41 Å². The highest BCUT2D eigenvalue weighted by Crippen LogP contribution is 2.14. The van der Waals surface area contributed by atoms with Crippen molar-refractivity contribution in [2.24, 2.45) is 5.10 Å². The fourth-order valence-corrected chi connectivity index (χ4v) is 1.32. The normalized spacial score (nSPS) is 22.2. The molecule has 0 aromatic heterocycles. The van der Waals surface area contributed by atoms with Crippen molar-refractivity contribution in [3.8, 4) is 0 Å². The maximum atomic E-state index is 4.00. The van der Waals surface area contributed by atoms with Crippen LogP contribution in [0.5, 0.6) is 0 Å². The summed E-state index contributed by atoms with van der Waals surface area (Å²) in [7, 11) is 0. The molecule has 5 heteroatoms. The van der Waals surface area contributed by atoms with Crippen LogP contribution in [0.3, 0.4) is 0 Å². The van der Waals surface area contributed by atoms with E-state index in [1.54, 1.807) is 11.8 Å². The van der Waals surface area contributed by atoms with Crippen LogP contribution in [0.25, 0.3) is 0 Å². The molecule has 0 fully saturated rings. The molecule has 0 spiro atoms. The summed E-state index contributed by atoms with van der Waals surface area (Å²) in [6.45, 7) is 0.757.